The smallest absolute Gasteiger partial charge is 0.123 e. The molecule has 0 aliphatic carbocycles. The number of β-amino-alcohol motifs (C(OH)–C–C–N with tert-alkyl or cyclic N) is 1. The van der Waals surface area contributed by atoms with Gasteiger partial charge in [0.1, 0.15) is 17.7 Å². The van der Waals surface area contributed by atoms with Crippen molar-refractivity contribution in [3.05, 3.63) is 52.5 Å². The number of hydrogen-bond donors (Lipinski definition) is 1. The number of thiophene rings is 1. The van der Waals surface area contributed by atoms with Crippen molar-refractivity contribution in [1.29, 1.82) is 0 Å². The molecule has 1 N–H and O–H groups in total. The molecule has 23 heavy (non-hydrogen) atoms. The third-order valence-electron chi connectivity index (χ3n) is 4.21. The minimum Gasteiger partial charge on any atom is -0.493 e. The van der Waals surface area contributed by atoms with Crippen molar-refractivity contribution in [1.82, 2.24) is 4.90 Å². The average Bonchev–Trinajstić information content (AvgIpc) is 3.09. The number of likely N-dealkylation sites (tertiary alicyclic amines) is 1. The van der Waals surface area contributed by atoms with Gasteiger partial charge in [0.05, 0.1) is 6.61 Å². The van der Waals surface area contributed by atoms with Gasteiger partial charge in [-0.3, -0.25) is 4.90 Å². The van der Waals surface area contributed by atoms with Crippen molar-refractivity contribution in [3.63, 3.8) is 0 Å². The van der Waals surface area contributed by atoms with Gasteiger partial charge in [-0.1, -0.05) is 6.07 Å². The highest BCUT2D eigenvalue weighted by Gasteiger charge is 2.23. The lowest BCUT2D eigenvalue weighted by Crippen LogP contribution is -2.39. The first-order valence-electron chi connectivity index (χ1n) is 8.03. The number of piperidine rings is 1. The molecule has 5 heteroatoms. The zero-order valence-electron chi connectivity index (χ0n) is 13.0. The van der Waals surface area contributed by atoms with E-state index in [-0.39, 0.29) is 5.82 Å². The number of rotatable bonds is 6. The molecule has 1 saturated heterocycles. The molecule has 3 rings (SSSR count). The van der Waals surface area contributed by atoms with Crippen LogP contribution in [0.1, 0.15) is 23.8 Å². The van der Waals surface area contributed by atoms with Gasteiger partial charge in [0.15, 0.2) is 0 Å². The van der Waals surface area contributed by atoms with Crippen molar-refractivity contribution in [3.8, 4) is 5.75 Å². The van der Waals surface area contributed by atoms with E-state index in [1.54, 1.807) is 23.5 Å². The van der Waals surface area contributed by atoms with Crippen LogP contribution in [0, 0.1) is 11.7 Å². The number of hydrogen-bond acceptors (Lipinski definition) is 4. The SMILES string of the molecule is O[C@@H](CN1CCC[C@H](COc2ccc(F)cc2)C1)c1cccs1. The fraction of sp³-hybridized carbons (Fsp3) is 0.444. The first-order valence-corrected chi connectivity index (χ1v) is 8.91. The molecule has 0 saturated carbocycles. The number of aliphatic hydroxyl groups excluding tert-OH is 1. The molecule has 0 spiro atoms. The standard InChI is InChI=1S/C18H22FNO2S/c19-15-5-7-16(8-6-15)22-13-14-3-1-9-20(11-14)12-17(21)18-4-2-10-23-18/h2,4-8,10,14,17,21H,1,3,9,11-13H2/t14-,17-/m0/s1. The van der Waals surface area contributed by atoms with Gasteiger partial charge in [-0.15, -0.1) is 11.3 Å². The summed E-state index contributed by atoms with van der Waals surface area (Å²) in [6.45, 7) is 3.27. The molecule has 2 atom stereocenters. The van der Waals surface area contributed by atoms with Gasteiger partial charge in [-0.05, 0) is 55.1 Å². The molecule has 1 aliphatic heterocycles. The normalized spacial score (nSPS) is 20.3. The highest BCUT2D eigenvalue weighted by atomic mass is 32.1. The van der Waals surface area contributed by atoms with Crippen molar-refractivity contribution in [2.24, 2.45) is 5.92 Å². The first kappa shape index (κ1) is 16.4. The lowest BCUT2D eigenvalue weighted by atomic mass is 9.98. The molecule has 3 nitrogen and oxygen atoms in total. The third-order valence-corrected chi connectivity index (χ3v) is 5.18. The van der Waals surface area contributed by atoms with Crippen LogP contribution in [0.2, 0.25) is 0 Å². The second kappa shape index (κ2) is 7.90. The lowest BCUT2D eigenvalue weighted by molar-refractivity contribution is 0.0730. The van der Waals surface area contributed by atoms with Crippen LogP contribution in [0.3, 0.4) is 0 Å². The van der Waals surface area contributed by atoms with Gasteiger partial charge in [0, 0.05) is 23.9 Å². The maximum Gasteiger partial charge on any atom is 0.123 e. The monoisotopic (exact) mass is 335 g/mol. The van der Waals surface area contributed by atoms with Crippen LogP contribution in [-0.2, 0) is 0 Å². The van der Waals surface area contributed by atoms with Crippen molar-refractivity contribution >= 4 is 11.3 Å². The van der Waals surface area contributed by atoms with Crippen LogP contribution in [0.15, 0.2) is 41.8 Å². The fourth-order valence-corrected chi connectivity index (χ4v) is 3.72. The molecule has 1 aromatic heterocycles. The highest BCUT2D eigenvalue weighted by Crippen LogP contribution is 2.24. The molecule has 124 valence electrons. The van der Waals surface area contributed by atoms with Crippen molar-refractivity contribution in [2.45, 2.75) is 18.9 Å². The molecule has 1 aromatic carbocycles. The van der Waals surface area contributed by atoms with Crippen LogP contribution in [-0.4, -0.2) is 36.2 Å². The Hall–Kier alpha value is -1.43. The van der Waals surface area contributed by atoms with E-state index >= 15 is 0 Å². The third kappa shape index (κ3) is 4.77. The van der Waals surface area contributed by atoms with Crippen LogP contribution in [0.25, 0.3) is 0 Å². The topological polar surface area (TPSA) is 32.7 Å². The van der Waals surface area contributed by atoms with Crippen LogP contribution >= 0.6 is 11.3 Å². The Labute approximate surface area is 140 Å². The molecule has 2 aromatic rings. The Bertz CT molecular complexity index is 588. The Morgan fingerprint density at radius 1 is 1.30 bits per heavy atom. The summed E-state index contributed by atoms with van der Waals surface area (Å²) in [6.07, 6.45) is 1.84. The van der Waals surface area contributed by atoms with Gasteiger partial charge in [0.25, 0.3) is 0 Å². The summed E-state index contributed by atoms with van der Waals surface area (Å²) in [6, 6.07) is 10.1. The molecule has 1 fully saturated rings. The quantitative estimate of drug-likeness (QED) is 0.873. The van der Waals surface area contributed by atoms with E-state index in [4.69, 9.17) is 4.74 Å². The van der Waals surface area contributed by atoms with E-state index in [1.807, 2.05) is 17.5 Å². The largest absolute Gasteiger partial charge is 0.493 e. The zero-order chi connectivity index (χ0) is 16.1. The molecule has 0 radical (unpaired) electrons. The predicted molar refractivity (Wildman–Crippen MR) is 90.3 cm³/mol. The maximum atomic E-state index is 12.9. The summed E-state index contributed by atoms with van der Waals surface area (Å²) in [5.74, 6) is 0.912. The Morgan fingerprint density at radius 3 is 2.87 bits per heavy atom. The van der Waals surface area contributed by atoms with E-state index < -0.39 is 6.10 Å². The molecule has 1 aliphatic rings. The van der Waals surface area contributed by atoms with Gasteiger partial charge >= 0.3 is 0 Å². The summed E-state index contributed by atoms with van der Waals surface area (Å²) in [5.41, 5.74) is 0. The van der Waals surface area contributed by atoms with E-state index in [0.29, 0.717) is 24.8 Å². The highest BCUT2D eigenvalue weighted by molar-refractivity contribution is 7.10. The predicted octanol–water partition coefficient (Wildman–Crippen LogP) is 3.71. The molecular formula is C18H22FNO2S. The van der Waals surface area contributed by atoms with E-state index in [0.717, 1.165) is 30.8 Å². The minimum absolute atomic E-state index is 0.247. The number of nitrogens with zero attached hydrogens (tertiary/aromatic N) is 1. The average molecular weight is 335 g/mol. The summed E-state index contributed by atoms with van der Waals surface area (Å²) in [4.78, 5) is 3.33. The van der Waals surface area contributed by atoms with E-state index in [9.17, 15) is 9.50 Å². The Morgan fingerprint density at radius 2 is 2.13 bits per heavy atom. The van der Waals surface area contributed by atoms with Crippen molar-refractivity contribution in [2.75, 3.05) is 26.2 Å². The van der Waals surface area contributed by atoms with Gasteiger partial charge in [-0.2, -0.15) is 0 Å². The molecular weight excluding hydrogens is 313 g/mol. The van der Waals surface area contributed by atoms with Gasteiger partial charge < -0.3 is 9.84 Å². The summed E-state index contributed by atoms with van der Waals surface area (Å²) < 4.78 is 18.7. The van der Waals surface area contributed by atoms with Crippen molar-refractivity contribution < 1.29 is 14.2 Å². The van der Waals surface area contributed by atoms with Gasteiger partial charge in [-0.25, -0.2) is 4.39 Å². The second-order valence-electron chi connectivity index (χ2n) is 6.06. The molecule has 0 bridgehead atoms. The molecule has 0 amide bonds. The maximum absolute atomic E-state index is 12.9. The minimum atomic E-state index is -0.410. The van der Waals surface area contributed by atoms with E-state index in [1.165, 1.54) is 12.1 Å². The summed E-state index contributed by atoms with van der Waals surface area (Å²) in [5, 5.41) is 12.3. The zero-order valence-corrected chi connectivity index (χ0v) is 13.8. The number of ether oxygens (including phenoxy) is 1. The van der Waals surface area contributed by atoms with E-state index in [2.05, 4.69) is 4.90 Å². The fourth-order valence-electron chi connectivity index (χ4n) is 3.01. The second-order valence-corrected chi connectivity index (χ2v) is 7.04. The number of benzene rings is 1. The van der Waals surface area contributed by atoms with Gasteiger partial charge in [0.2, 0.25) is 0 Å². The Balaban J connectivity index is 1.47. The molecule has 2 heterocycles. The lowest BCUT2D eigenvalue weighted by Gasteiger charge is -2.33. The first-order chi connectivity index (χ1) is 11.2. The number of aliphatic hydroxyl groups is 1. The molecule has 0 unspecified atom stereocenters. The summed E-state index contributed by atoms with van der Waals surface area (Å²) >= 11 is 1.60. The van der Waals surface area contributed by atoms with Crippen LogP contribution < -0.4 is 4.74 Å². The van der Waals surface area contributed by atoms with Crippen LogP contribution in [0.5, 0.6) is 5.75 Å². The summed E-state index contributed by atoms with van der Waals surface area (Å²) in [7, 11) is 0. The van der Waals surface area contributed by atoms with Crippen LogP contribution in [0.4, 0.5) is 4.39 Å². The Kier molecular flexibility index (Phi) is 5.65. The number of halogens is 1.